The van der Waals surface area contributed by atoms with Crippen molar-refractivity contribution in [3.8, 4) is 5.75 Å². The van der Waals surface area contributed by atoms with Gasteiger partial charge in [0, 0.05) is 0 Å². The predicted molar refractivity (Wildman–Crippen MR) is 82.7 cm³/mol. The molecule has 1 aromatic carbocycles. The van der Waals surface area contributed by atoms with E-state index in [2.05, 4.69) is 18.3 Å². The molecule has 21 heavy (non-hydrogen) atoms. The topological polar surface area (TPSA) is 47.6 Å². The summed E-state index contributed by atoms with van der Waals surface area (Å²) in [6.07, 6.45) is 2.51. The summed E-state index contributed by atoms with van der Waals surface area (Å²) in [6.45, 7) is 8.40. The Kier molecular flexibility index (Phi) is 4.76. The maximum Gasteiger partial charge on any atom is 0.408 e. The average Bonchev–Trinajstić information content (AvgIpc) is 2.77. The van der Waals surface area contributed by atoms with Crippen molar-refractivity contribution in [2.24, 2.45) is 0 Å². The van der Waals surface area contributed by atoms with E-state index in [-0.39, 0.29) is 12.1 Å². The van der Waals surface area contributed by atoms with E-state index in [1.54, 1.807) is 0 Å². The SMILES string of the molecule is CCCOc1ccc2c(c1)[C@H](NC(=O)OC(C)(C)C)CC2. The predicted octanol–water partition coefficient (Wildman–Crippen LogP) is 3.99. The van der Waals surface area contributed by atoms with Gasteiger partial charge in [-0.1, -0.05) is 13.0 Å². The van der Waals surface area contributed by atoms with Gasteiger partial charge in [-0.15, -0.1) is 0 Å². The third-order valence-corrected chi connectivity index (χ3v) is 3.36. The van der Waals surface area contributed by atoms with Gasteiger partial charge in [-0.2, -0.15) is 0 Å². The number of hydrogen-bond donors (Lipinski definition) is 1. The second-order valence-corrected chi connectivity index (χ2v) is 6.45. The van der Waals surface area contributed by atoms with Gasteiger partial charge in [0.05, 0.1) is 12.6 Å². The van der Waals surface area contributed by atoms with Gasteiger partial charge in [-0.05, 0) is 63.3 Å². The smallest absolute Gasteiger partial charge is 0.408 e. The third-order valence-electron chi connectivity index (χ3n) is 3.36. The summed E-state index contributed by atoms with van der Waals surface area (Å²) >= 11 is 0. The largest absolute Gasteiger partial charge is 0.494 e. The molecule has 0 aliphatic heterocycles. The summed E-state index contributed by atoms with van der Waals surface area (Å²) in [7, 11) is 0. The van der Waals surface area contributed by atoms with Crippen LogP contribution in [0.4, 0.5) is 4.79 Å². The molecule has 0 fully saturated rings. The Morgan fingerprint density at radius 1 is 1.38 bits per heavy atom. The van der Waals surface area contributed by atoms with Crippen LogP contribution in [0.25, 0.3) is 0 Å². The number of rotatable bonds is 4. The van der Waals surface area contributed by atoms with Crippen LogP contribution in [0.1, 0.15) is 57.7 Å². The van der Waals surface area contributed by atoms with E-state index >= 15 is 0 Å². The Labute approximate surface area is 126 Å². The molecule has 0 spiro atoms. The molecule has 0 aromatic heterocycles. The average molecular weight is 291 g/mol. The quantitative estimate of drug-likeness (QED) is 0.912. The Morgan fingerprint density at radius 3 is 2.81 bits per heavy atom. The number of alkyl carbamates (subject to hydrolysis) is 1. The Morgan fingerprint density at radius 2 is 2.14 bits per heavy atom. The fraction of sp³-hybridized carbons (Fsp3) is 0.588. The second kappa shape index (κ2) is 6.37. The van der Waals surface area contributed by atoms with E-state index in [9.17, 15) is 4.79 Å². The number of carbonyl (C=O) groups is 1. The highest BCUT2D eigenvalue weighted by atomic mass is 16.6. The first-order valence-corrected chi connectivity index (χ1v) is 7.64. The van der Waals surface area contributed by atoms with Crippen LogP contribution in [-0.4, -0.2) is 18.3 Å². The minimum absolute atomic E-state index is 0.0139. The van der Waals surface area contributed by atoms with Crippen LogP contribution in [0, 0.1) is 0 Å². The lowest BCUT2D eigenvalue weighted by Gasteiger charge is -2.22. The molecule has 0 saturated carbocycles. The summed E-state index contributed by atoms with van der Waals surface area (Å²) in [4.78, 5) is 11.9. The zero-order valence-corrected chi connectivity index (χ0v) is 13.4. The Balaban J connectivity index is 2.04. The molecular formula is C17H25NO3. The molecule has 4 nitrogen and oxygen atoms in total. The molecule has 1 atom stereocenters. The number of amides is 1. The lowest BCUT2D eigenvalue weighted by Crippen LogP contribution is -2.34. The summed E-state index contributed by atoms with van der Waals surface area (Å²) in [5.74, 6) is 0.869. The van der Waals surface area contributed by atoms with Crippen LogP contribution in [0.5, 0.6) is 5.75 Å². The molecule has 1 aliphatic rings. The number of ether oxygens (including phenoxy) is 2. The van der Waals surface area contributed by atoms with Crippen molar-refractivity contribution in [1.82, 2.24) is 5.32 Å². The van der Waals surface area contributed by atoms with Gasteiger partial charge in [0.2, 0.25) is 0 Å². The van der Waals surface area contributed by atoms with Crippen LogP contribution in [0.3, 0.4) is 0 Å². The van der Waals surface area contributed by atoms with Gasteiger partial charge in [0.25, 0.3) is 0 Å². The van der Waals surface area contributed by atoms with Crippen molar-refractivity contribution in [3.63, 3.8) is 0 Å². The van der Waals surface area contributed by atoms with Crippen LogP contribution in [0.15, 0.2) is 18.2 Å². The lowest BCUT2D eigenvalue weighted by atomic mass is 10.1. The van der Waals surface area contributed by atoms with Crippen LogP contribution in [0.2, 0.25) is 0 Å². The van der Waals surface area contributed by atoms with Gasteiger partial charge >= 0.3 is 6.09 Å². The summed E-state index contributed by atoms with van der Waals surface area (Å²) in [6, 6.07) is 6.15. The van der Waals surface area contributed by atoms with Gasteiger partial charge in [0.1, 0.15) is 11.4 Å². The molecule has 0 unspecified atom stereocenters. The standard InChI is InChI=1S/C17H25NO3/c1-5-10-20-13-8-6-12-7-9-15(14(12)11-13)18-16(19)21-17(2,3)4/h6,8,11,15H,5,7,9-10H2,1-4H3,(H,18,19)/t15-/m1/s1. The maximum atomic E-state index is 11.9. The summed E-state index contributed by atoms with van der Waals surface area (Å²) in [5, 5.41) is 2.96. The summed E-state index contributed by atoms with van der Waals surface area (Å²) in [5.41, 5.74) is 1.95. The van der Waals surface area contributed by atoms with E-state index in [0.717, 1.165) is 30.6 Å². The monoisotopic (exact) mass is 291 g/mol. The third kappa shape index (κ3) is 4.38. The minimum Gasteiger partial charge on any atom is -0.494 e. The lowest BCUT2D eigenvalue weighted by molar-refractivity contribution is 0.0503. The molecule has 0 bridgehead atoms. The van der Waals surface area contributed by atoms with E-state index in [1.807, 2.05) is 32.9 Å². The number of hydrogen-bond acceptors (Lipinski definition) is 3. The summed E-state index contributed by atoms with van der Waals surface area (Å²) < 4.78 is 11.0. The molecule has 1 aliphatic carbocycles. The number of fused-ring (bicyclic) bond motifs is 1. The zero-order valence-electron chi connectivity index (χ0n) is 13.4. The van der Waals surface area contributed by atoms with Gasteiger partial charge in [-0.3, -0.25) is 0 Å². The maximum absolute atomic E-state index is 11.9. The first-order chi connectivity index (χ1) is 9.89. The van der Waals surface area contributed by atoms with E-state index in [0.29, 0.717) is 6.61 Å². The second-order valence-electron chi connectivity index (χ2n) is 6.45. The fourth-order valence-corrected chi connectivity index (χ4v) is 2.49. The highest BCUT2D eigenvalue weighted by Crippen LogP contribution is 2.34. The Bertz CT molecular complexity index is 505. The van der Waals surface area contributed by atoms with Crippen molar-refractivity contribution in [2.75, 3.05) is 6.61 Å². The highest BCUT2D eigenvalue weighted by Gasteiger charge is 2.26. The van der Waals surface area contributed by atoms with Crippen molar-refractivity contribution in [3.05, 3.63) is 29.3 Å². The number of aryl methyl sites for hydroxylation is 1. The number of carbonyl (C=O) groups excluding carboxylic acids is 1. The molecule has 1 aromatic rings. The zero-order chi connectivity index (χ0) is 15.5. The van der Waals surface area contributed by atoms with Crippen LogP contribution in [-0.2, 0) is 11.2 Å². The number of benzene rings is 1. The molecule has 2 rings (SSSR count). The molecule has 0 radical (unpaired) electrons. The molecule has 116 valence electrons. The normalized spacial score (nSPS) is 17.2. The molecule has 1 N–H and O–H groups in total. The van der Waals surface area contributed by atoms with Crippen LogP contribution < -0.4 is 10.1 Å². The fourth-order valence-electron chi connectivity index (χ4n) is 2.49. The van der Waals surface area contributed by atoms with Gasteiger partial charge < -0.3 is 14.8 Å². The molecule has 0 saturated heterocycles. The first kappa shape index (κ1) is 15.7. The molecular weight excluding hydrogens is 266 g/mol. The van der Waals surface area contributed by atoms with Crippen molar-refractivity contribution in [2.45, 2.75) is 58.6 Å². The van der Waals surface area contributed by atoms with Crippen molar-refractivity contribution in [1.29, 1.82) is 0 Å². The van der Waals surface area contributed by atoms with E-state index in [1.165, 1.54) is 5.56 Å². The Hall–Kier alpha value is -1.71. The van der Waals surface area contributed by atoms with Gasteiger partial charge in [-0.25, -0.2) is 4.79 Å². The van der Waals surface area contributed by atoms with E-state index in [4.69, 9.17) is 9.47 Å². The van der Waals surface area contributed by atoms with Gasteiger partial charge in [0.15, 0.2) is 0 Å². The molecule has 1 amide bonds. The highest BCUT2D eigenvalue weighted by molar-refractivity contribution is 5.68. The minimum atomic E-state index is -0.475. The van der Waals surface area contributed by atoms with E-state index < -0.39 is 5.60 Å². The first-order valence-electron chi connectivity index (χ1n) is 7.64. The molecule has 4 heteroatoms. The van der Waals surface area contributed by atoms with Crippen LogP contribution >= 0.6 is 0 Å². The van der Waals surface area contributed by atoms with Crippen molar-refractivity contribution < 1.29 is 14.3 Å². The number of nitrogens with one attached hydrogen (secondary N) is 1. The molecule has 0 heterocycles. The van der Waals surface area contributed by atoms with Crippen molar-refractivity contribution >= 4 is 6.09 Å².